The largest absolute Gasteiger partial charge is 0.250 e. The molecule has 0 fully saturated rings. The number of rotatable bonds is 5. The molecule has 0 spiro atoms. The number of halogens is 1. The lowest BCUT2D eigenvalue weighted by atomic mass is 10.2. The number of aromatic nitrogens is 1. The Kier molecular flexibility index (Phi) is 5.47. The zero-order valence-electron chi connectivity index (χ0n) is 7.74. The van der Waals surface area contributed by atoms with Crippen molar-refractivity contribution in [2.45, 2.75) is 18.4 Å². The summed E-state index contributed by atoms with van der Waals surface area (Å²) in [5.74, 6) is 1.91. The third-order valence-corrected chi connectivity index (χ3v) is 3.99. The van der Waals surface area contributed by atoms with Crippen LogP contribution < -0.4 is 0 Å². The van der Waals surface area contributed by atoms with Crippen molar-refractivity contribution in [3.63, 3.8) is 0 Å². The van der Waals surface area contributed by atoms with Crippen LogP contribution in [0.25, 0.3) is 0 Å². The number of thioether (sulfide) groups is 1. The molecule has 0 radical (unpaired) electrons. The minimum absolute atomic E-state index is 0.756. The number of nitrogens with zero attached hydrogens (tertiary/aromatic N) is 1. The van der Waals surface area contributed by atoms with Gasteiger partial charge in [0.1, 0.15) is 0 Å². The van der Waals surface area contributed by atoms with Crippen molar-refractivity contribution < 1.29 is 0 Å². The van der Waals surface area contributed by atoms with E-state index in [1.165, 1.54) is 6.42 Å². The topological polar surface area (TPSA) is 12.9 Å². The molecule has 1 heterocycles. The molecule has 0 amide bonds. The lowest BCUT2D eigenvalue weighted by molar-refractivity contribution is 0.652. The molecule has 0 saturated heterocycles. The zero-order valence-corrected chi connectivity index (χ0v) is 10.1. The number of pyridine rings is 1. The van der Waals surface area contributed by atoms with Crippen molar-refractivity contribution in [1.29, 1.82) is 0 Å². The van der Waals surface area contributed by atoms with Crippen molar-refractivity contribution in [3.05, 3.63) is 24.4 Å². The van der Waals surface area contributed by atoms with Gasteiger partial charge in [0.15, 0.2) is 0 Å². The van der Waals surface area contributed by atoms with Gasteiger partial charge in [0, 0.05) is 17.3 Å². The summed E-state index contributed by atoms with van der Waals surface area (Å²) in [6.45, 7) is 2.23. The molecule has 0 aromatic carbocycles. The Labute approximate surface area is 92.5 Å². The maximum absolute atomic E-state index is 4.27. The Morgan fingerprint density at radius 3 is 2.92 bits per heavy atom. The molecule has 1 aromatic rings. The van der Waals surface area contributed by atoms with E-state index in [4.69, 9.17) is 0 Å². The van der Waals surface area contributed by atoms with Crippen LogP contribution in [-0.4, -0.2) is 16.1 Å². The normalized spacial score (nSPS) is 12.8. The summed E-state index contributed by atoms with van der Waals surface area (Å²) in [5.41, 5.74) is 0. The van der Waals surface area contributed by atoms with E-state index in [2.05, 4.69) is 33.9 Å². The van der Waals surface area contributed by atoms with Crippen LogP contribution in [0.5, 0.6) is 0 Å². The SMILES string of the molecule is CCC(CBr)CSc1ccccn1. The third kappa shape index (κ3) is 4.14. The van der Waals surface area contributed by atoms with E-state index in [9.17, 15) is 0 Å². The smallest absolute Gasteiger partial charge is 0.0959 e. The van der Waals surface area contributed by atoms with Gasteiger partial charge < -0.3 is 0 Å². The second kappa shape index (κ2) is 6.44. The molecular weight excluding hydrogens is 246 g/mol. The van der Waals surface area contributed by atoms with Crippen molar-refractivity contribution in [2.75, 3.05) is 11.1 Å². The van der Waals surface area contributed by atoms with Gasteiger partial charge in [0.2, 0.25) is 0 Å². The standard InChI is InChI=1S/C10H14BrNS/c1-2-9(7-11)8-13-10-5-3-4-6-12-10/h3-6,9H,2,7-8H2,1H3. The van der Waals surface area contributed by atoms with Crippen LogP contribution in [0.3, 0.4) is 0 Å². The van der Waals surface area contributed by atoms with Gasteiger partial charge in [-0.05, 0) is 18.1 Å². The molecule has 13 heavy (non-hydrogen) atoms. The maximum atomic E-state index is 4.27. The summed E-state index contributed by atoms with van der Waals surface area (Å²) in [7, 11) is 0. The highest BCUT2D eigenvalue weighted by Gasteiger charge is 2.04. The van der Waals surface area contributed by atoms with E-state index in [1.54, 1.807) is 0 Å². The molecular formula is C10H14BrNS. The van der Waals surface area contributed by atoms with Crippen LogP contribution in [-0.2, 0) is 0 Å². The summed E-state index contributed by atoms with van der Waals surface area (Å²) >= 11 is 5.35. The number of hydrogen-bond acceptors (Lipinski definition) is 2. The summed E-state index contributed by atoms with van der Waals surface area (Å²) in [4.78, 5) is 4.27. The predicted octanol–water partition coefficient (Wildman–Crippen LogP) is 3.59. The molecule has 1 unspecified atom stereocenters. The van der Waals surface area contributed by atoms with E-state index >= 15 is 0 Å². The van der Waals surface area contributed by atoms with E-state index in [1.807, 2.05) is 30.1 Å². The van der Waals surface area contributed by atoms with Gasteiger partial charge >= 0.3 is 0 Å². The van der Waals surface area contributed by atoms with Gasteiger partial charge in [-0.2, -0.15) is 0 Å². The van der Waals surface area contributed by atoms with Gasteiger partial charge in [0.05, 0.1) is 5.03 Å². The Morgan fingerprint density at radius 1 is 1.54 bits per heavy atom. The van der Waals surface area contributed by atoms with Gasteiger partial charge in [0.25, 0.3) is 0 Å². The molecule has 1 atom stereocenters. The first-order valence-corrected chi connectivity index (χ1v) is 6.57. The van der Waals surface area contributed by atoms with E-state index in [0.717, 1.165) is 22.0 Å². The first-order chi connectivity index (χ1) is 6.36. The highest BCUT2D eigenvalue weighted by Crippen LogP contribution is 2.20. The lowest BCUT2D eigenvalue weighted by Gasteiger charge is -2.09. The van der Waals surface area contributed by atoms with Crippen LogP contribution in [0.2, 0.25) is 0 Å². The van der Waals surface area contributed by atoms with E-state index in [0.29, 0.717) is 0 Å². The highest BCUT2D eigenvalue weighted by molar-refractivity contribution is 9.09. The quantitative estimate of drug-likeness (QED) is 0.592. The van der Waals surface area contributed by atoms with Crippen molar-refractivity contribution in [3.8, 4) is 0 Å². The van der Waals surface area contributed by atoms with E-state index in [-0.39, 0.29) is 0 Å². The molecule has 0 aliphatic heterocycles. The molecule has 0 aliphatic carbocycles. The van der Waals surface area contributed by atoms with Crippen LogP contribution in [0.4, 0.5) is 0 Å². The molecule has 1 rings (SSSR count). The Hall–Kier alpha value is -0.0200. The summed E-state index contributed by atoms with van der Waals surface area (Å²) in [5, 5.41) is 2.21. The molecule has 0 bridgehead atoms. The minimum Gasteiger partial charge on any atom is -0.250 e. The second-order valence-corrected chi connectivity index (χ2v) is 4.60. The van der Waals surface area contributed by atoms with E-state index < -0.39 is 0 Å². The highest BCUT2D eigenvalue weighted by atomic mass is 79.9. The van der Waals surface area contributed by atoms with Crippen LogP contribution in [0, 0.1) is 5.92 Å². The minimum atomic E-state index is 0.756. The Balaban J connectivity index is 2.34. The zero-order chi connectivity index (χ0) is 9.52. The summed E-state index contributed by atoms with van der Waals surface area (Å²) in [6.07, 6.45) is 3.07. The van der Waals surface area contributed by atoms with Gasteiger partial charge in [-0.1, -0.05) is 35.3 Å². The number of hydrogen-bond donors (Lipinski definition) is 0. The summed E-state index contributed by atoms with van der Waals surface area (Å²) in [6, 6.07) is 6.04. The van der Waals surface area contributed by atoms with Crippen molar-refractivity contribution >= 4 is 27.7 Å². The van der Waals surface area contributed by atoms with Crippen LogP contribution >= 0.6 is 27.7 Å². The Morgan fingerprint density at radius 2 is 2.38 bits per heavy atom. The van der Waals surface area contributed by atoms with Crippen LogP contribution in [0.15, 0.2) is 29.4 Å². The lowest BCUT2D eigenvalue weighted by Crippen LogP contribution is -2.03. The molecule has 1 aromatic heterocycles. The van der Waals surface area contributed by atoms with Crippen molar-refractivity contribution in [2.24, 2.45) is 5.92 Å². The third-order valence-electron chi connectivity index (χ3n) is 1.90. The number of alkyl halides is 1. The average molecular weight is 260 g/mol. The van der Waals surface area contributed by atoms with Gasteiger partial charge in [-0.15, -0.1) is 11.8 Å². The molecule has 1 nitrogen and oxygen atoms in total. The fourth-order valence-electron chi connectivity index (χ4n) is 0.907. The fourth-order valence-corrected chi connectivity index (χ4v) is 2.97. The molecule has 72 valence electrons. The monoisotopic (exact) mass is 259 g/mol. The van der Waals surface area contributed by atoms with Crippen molar-refractivity contribution in [1.82, 2.24) is 4.98 Å². The fraction of sp³-hybridized carbons (Fsp3) is 0.500. The first kappa shape index (κ1) is 11.1. The molecule has 3 heteroatoms. The summed E-state index contributed by atoms with van der Waals surface area (Å²) < 4.78 is 0. The van der Waals surface area contributed by atoms with Gasteiger partial charge in [-0.25, -0.2) is 4.98 Å². The van der Waals surface area contributed by atoms with Crippen LogP contribution in [0.1, 0.15) is 13.3 Å². The van der Waals surface area contributed by atoms with Gasteiger partial charge in [-0.3, -0.25) is 0 Å². The first-order valence-electron chi connectivity index (χ1n) is 4.46. The molecule has 0 saturated carbocycles. The second-order valence-electron chi connectivity index (χ2n) is 2.91. The average Bonchev–Trinajstić information content (AvgIpc) is 2.21. The molecule has 0 aliphatic rings. The predicted molar refractivity (Wildman–Crippen MR) is 62.5 cm³/mol. The Bertz CT molecular complexity index is 224. The molecule has 0 N–H and O–H groups in total. The maximum Gasteiger partial charge on any atom is 0.0959 e.